The van der Waals surface area contributed by atoms with Crippen LogP contribution in [0.15, 0.2) is 30.3 Å². The van der Waals surface area contributed by atoms with Crippen LogP contribution in [0.5, 0.6) is 23.0 Å². The molecular formula is C16H16O5. The fraction of sp³-hybridized carbons (Fsp3) is 0.188. The summed E-state index contributed by atoms with van der Waals surface area (Å²) in [4.78, 5) is 11.0. The average Bonchev–Trinajstić information content (AvgIpc) is 2.51. The summed E-state index contributed by atoms with van der Waals surface area (Å²) in [6.45, 7) is 0. The molecule has 2 aromatic rings. The molecule has 0 spiro atoms. The molecule has 0 aliphatic carbocycles. The number of benzene rings is 2. The number of hydrogen-bond donors (Lipinski definition) is 2. The zero-order chi connectivity index (χ0) is 15.4. The van der Waals surface area contributed by atoms with Crippen LogP contribution in [-0.4, -0.2) is 30.7 Å². The van der Waals surface area contributed by atoms with Gasteiger partial charge in [-0.1, -0.05) is 6.07 Å². The Morgan fingerprint density at radius 3 is 2.48 bits per heavy atom. The van der Waals surface area contributed by atoms with Crippen molar-refractivity contribution in [3.8, 4) is 23.0 Å². The molecule has 2 N–H and O–H groups in total. The van der Waals surface area contributed by atoms with E-state index in [-0.39, 0.29) is 17.1 Å². The average molecular weight is 288 g/mol. The van der Waals surface area contributed by atoms with Gasteiger partial charge in [0.2, 0.25) is 0 Å². The van der Waals surface area contributed by atoms with Crippen LogP contribution in [0.3, 0.4) is 0 Å². The number of aldehydes is 1. The first-order valence-corrected chi connectivity index (χ1v) is 6.30. The Bertz CT molecular complexity index is 664. The first-order chi connectivity index (χ1) is 10.1. The molecule has 0 saturated carbocycles. The van der Waals surface area contributed by atoms with Gasteiger partial charge in [0.1, 0.15) is 11.5 Å². The normalized spacial score (nSPS) is 10.2. The molecule has 0 radical (unpaired) electrons. The van der Waals surface area contributed by atoms with E-state index in [1.54, 1.807) is 18.2 Å². The Morgan fingerprint density at radius 1 is 1.10 bits per heavy atom. The lowest BCUT2D eigenvalue weighted by Gasteiger charge is -2.11. The number of aromatic hydroxyl groups is 2. The van der Waals surface area contributed by atoms with E-state index in [4.69, 9.17) is 9.47 Å². The van der Waals surface area contributed by atoms with E-state index in [9.17, 15) is 15.0 Å². The standard InChI is InChI=1S/C16H16O5/c1-20-13-7-11(16(19)12(8-13)9-17)5-10-3-4-14(18)15(6-10)21-2/h3-4,6-9,18-19H,5H2,1-2H3. The molecule has 0 heterocycles. The molecule has 0 fully saturated rings. The SMILES string of the molecule is COc1cc(C=O)c(O)c(Cc2ccc(O)c(OC)c2)c1. The largest absolute Gasteiger partial charge is 0.507 e. The van der Waals surface area contributed by atoms with E-state index in [0.717, 1.165) is 5.56 Å². The number of rotatable bonds is 5. The third kappa shape index (κ3) is 3.08. The Labute approximate surface area is 122 Å². The van der Waals surface area contributed by atoms with Crippen LogP contribution in [0.1, 0.15) is 21.5 Å². The maximum atomic E-state index is 11.0. The van der Waals surface area contributed by atoms with Gasteiger partial charge in [-0.05, 0) is 29.8 Å². The van der Waals surface area contributed by atoms with E-state index in [1.807, 2.05) is 0 Å². The van der Waals surface area contributed by atoms with E-state index in [1.165, 1.54) is 26.4 Å². The number of carbonyl (C=O) groups excluding carboxylic acids is 1. The fourth-order valence-corrected chi connectivity index (χ4v) is 2.08. The highest BCUT2D eigenvalue weighted by atomic mass is 16.5. The van der Waals surface area contributed by atoms with Crippen molar-refractivity contribution in [1.82, 2.24) is 0 Å². The van der Waals surface area contributed by atoms with Gasteiger partial charge in [-0.3, -0.25) is 4.79 Å². The van der Waals surface area contributed by atoms with Gasteiger partial charge in [0.25, 0.3) is 0 Å². The van der Waals surface area contributed by atoms with Crippen molar-refractivity contribution in [2.75, 3.05) is 14.2 Å². The summed E-state index contributed by atoms with van der Waals surface area (Å²) < 4.78 is 10.2. The van der Waals surface area contributed by atoms with E-state index in [0.29, 0.717) is 29.8 Å². The van der Waals surface area contributed by atoms with E-state index in [2.05, 4.69) is 0 Å². The molecule has 0 bridgehead atoms. The van der Waals surface area contributed by atoms with Crippen molar-refractivity contribution >= 4 is 6.29 Å². The quantitative estimate of drug-likeness (QED) is 0.827. The minimum atomic E-state index is -0.0714. The molecule has 110 valence electrons. The second-order valence-electron chi connectivity index (χ2n) is 4.53. The molecule has 0 atom stereocenters. The third-order valence-corrected chi connectivity index (χ3v) is 3.19. The van der Waals surface area contributed by atoms with Gasteiger partial charge in [-0.15, -0.1) is 0 Å². The molecule has 0 amide bonds. The highest BCUT2D eigenvalue weighted by Crippen LogP contribution is 2.32. The Hall–Kier alpha value is -2.69. The van der Waals surface area contributed by atoms with Crippen LogP contribution in [0.4, 0.5) is 0 Å². The molecule has 0 aromatic heterocycles. The topological polar surface area (TPSA) is 76.0 Å². The molecule has 0 saturated heterocycles. The number of methoxy groups -OCH3 is 2. The van der Waals surface area contributed by atoms with Crippen molar-refractivity contribution in [1.29, 1.82) is 0 Å². The Morgan fingerprint density at radius 2 is 1.86 bits per heavy atom. The van der Waals surface area contributed by atoms with Crippen molar-refractivity contribution in [3.05, 3.63) is 47.0 Å². The first kappa shape index (κ1) is 14.7. The maximum absolute atomic E-state index is 11.0. The molecule has 0 aliphatic rings. The number of ether oxygens (including phenoxy) is 2. The third-order valence-electron chi connectivity index (χ3n) is 3.19. The van der Waals surface area contributed by atoms with Gasteiger partial charge in [0, 0.05) is 12.0 Å². The van der Waals surface area contributed by atoms with Crippen LogP contribution < -0.4 is 9.47 Å². The molecule has 2 aromatic carbocycles. The van der Waals surface area contributed by atoms with Gasteiger partial charge in [-0.2, -0.15) is 0 Å². The molecular weight excluding hydrogens is 272 g/mol. The minimum Gasteiger partial charge on any atom is -0.507 e. The summed E-state index contributed by atoms with van der Waals surface area (Å²) in [5.74, 6) is 0.823. The molecule has 0 unspecified atom stereocenters. The Balaban J connectivity index is 2.41. The van der Waals surface area contributed by atoms with Crippen LogP contribution in [0, 0.1) is 0 Å². The van der Waals surface area contributed by atoms with E-state index >= 15 is 0 Å². The Kier molecular flexibility index (Phi) is 4.33. The minimum absolute atomic E-state index is 0.0460. The molecule has 21 heavy (non-hydrogen) atoms. The van der Waals surface area contributed by atoms with Crippen LogP contribution in [-0.2, 0) is 6.42 Å². The van der Waals surface area contributed by atoms with Crippen molar-refractivity contribution in [3.63, 3.8) is 0 Å². The molecule has 0 aliphatic heterocycles. The fourth-order valence-electron chi connectivity index (χ4n) is 2.08. The lowest BCUT2D eigenvalue weighted by Crippen LogP contribution is -1.96. The predicted molar refractivity (Wildman–Crippen MR) is 77.5 cm³/mol. The summed E-state index contributed by atoms with van der Waals surface area (Å²) in [6.07, 6.45) is 0.958. The first-order valence-electron chi connectivity index (χ1n) is 6.30. The highest BCUT2D eigenvalue weighted by Gasteiger charge is 2.12. The summed E-state index contributed by atoms with van der Waals surface area (Å²) >= 11 is 0. The zero-order valence-corrected chi connectivity index (χ0v) is 11.8. The van der Waals surface area contributed by atoms with Crippen molar-refractivity contribution in [2.24, 2.45) is 0 Å². The second-order valence-corrected chi connectivity index (χ2v) is 4.53. The highest BCUT2D eigenvalue weighted by molar-refractivity contribution is 5.81. The zero-order valence-electron chi connectivity index (χ0n) is 11.8. The molecule has 2 rings (SSSR count). The van der Waals surface area contributed by atoms with Gasteiger partial charge < -0.3 is 19.7 Å². The number of carbonyl (C=O) groups is 1. The van der Waals surface area contributed by atoms with Crippen LogP contribution in [0.2, 0.25) is 0 Å². The van der Waals surface area contributed by atoms with Gasteiger partial charge in [-0.25, -0.2) is 0 Å². The molecule has 5 heteroatoms. The smallest absolute Gasteiger partial charge is 0.160 e. The number of phenols is 2. The lowest BCUT2D eigenvalue weighted by atomic mass is 10.0. The number of hydrogen-bond acceptors (Lipinski definition) is 5. The summed E-state index contributed by atoms with van der Waals surface area (Å²) in [7, 11) is 2.96. The summed E-state index contributed by atoms with van der Waals surface area (Å²) in [6, 6.07) is 8.06. The van der Waals surface area contributed by atoms with Crippen molar-refractivity contribution in [2.45, 2.75) is 6.42 Å². The lowest BCUT2D eigenvalue weighted by molar-refractivity contribution is 0.112. The van der Waals surface area contributed by atoms with Crippen LogP contribution in [0.25, 0.3) is 0 Å². The summed E-state index contributed by atoms with van der Waals surface area (Å²) in [5, 5.41) is 19.7. The van der Waals surface area contributed by atoms with Crippen LogP contribution >= 0.6 is 0 Å². The second kappa shape index (κ2) is 6.17. The van der Waals surface area contributed by atoms with Gasteiger partial charge in [0.15, 0.2) is 17.8 Å². The maximum Gasteiger partial charge on any atom is 0.160 e. The molecule has 5 nitrogen and oxygen atoms in total. The van der Waals surface area contributed by atoms with Gasteiger partial charge in [0.05, 0.1) is 19.8 Å². The van der Waals surface area contributed by atoms with Gasteiger partial charge >= 0.3 is 0 Å². The predicted octanol–water partition coefficient (Wildman–Crippen LogP) is 2.52. The summed E-state index contributed by atoms with van der Waals surface area (Å²) in [5.41, 5.74) is 1.56. The number of phenolic OH excluding ortho intramolecular Hbond substituents is 2. The van der Waals surface area contributed by atoms with E-state index < -0.39 is 0 Å². The monoisotopic (exact) mass is 288 g/mol. The van der Waals surface area contributed by atoms with Crippen molar-refractivity contribution < 1.29 is 24.5 Å².